The highest BCUT2D eigenvalue weighted by atomic mass is 35.5. The van der Waals surface area contributed by atoms with E-state index in [1.165, 1.54) is 23.5 Å². The zero-order valence-electron chi connectivity index (χ0n) is 26.4. The molecule has 0 radical (unpaired) electrons. The summed E-state index contributed by atoms with van der Waals surface area (Å²) in [5.41, 5.74) is 0.981. The van der Waals surface area contributed by atoms with E-state index >= 15 is 0 Å². The minimum absolute atomic E-state index is 0.0577. The van der Waals surface area contributed by atoms with Gasteiger partial charge in [-0.25, -0.2) is 14.5 Å². The molecule has 2 fully saturated rings. The number of alkyl halides is 2. The van der Waals surface area contributed by atoms with Crippen LogP contribution in [0.5, 0.6) is 0 Å². The van der Waals surface area contributed by atoms with E-state index < -0.39 is 35.5 Å². The number of nitrogens with zero attached hydrogens (tertiary/aromatic N) is 4. The number of aromatic amines is 1. The van der Waals surface area contributed by atoms with Crippen molar-refractivity contribution in [1.29, 1.82) is 5.41 Å². The first-order valence-electron chi connectivity index (χ1n) is 15.3. The van der Waals surface area contributed by atoms with Crippen LogP contribution in [0.25, 0.3) is 22.5 Å². The molecule has 2 aromatic heterocycles. The summed E-state index contributed by atoms with van der Waals surface area (Å²) in [6.45, 7) is 2.95. The molecular weight excluding hydrogens is 665 g/mol. The number of aromatic nitrogens is 4. The van der Waals surface area contributed by atoms with E-state index in [0.29, 0.717) is 49.8 Å². The van der Waals surface area contributed by atoms with Gasteiger partial charge >= 0.3 is 12.6 Å². The van der Waals surface area contributed by atoms with Crippen LogP contribution in [0.1, 0.15) is 63.8 Å². The fourth-order valence-electron chi connectivity index (χ4n) is 5.95. The van der Waals surface area contributed by atoms with Crippen molar-refractivity contribution >= 4 is 41.2 Å². The molecule has 0 unspecified atom stereocenters. The van der Waals surface area contributed by atoms with Crippen LogP contribution >= 0.6 is 23.2 Å². The molecule has 3 heterocycles. The summed E-state index contributed by atoms with van der Waals surface area (Å²) in [6.07, 6.45) is 5.54. The first-order chi connectivity index (χ1) is 22.7. The van der Waals surface area contributed by atoms with Gasteiger partial charge in [0, 0.05) is 29.6 Å². The lowest BCUT2D eigenvalue weighted by Crippen LogP contribution is -2.47. The van der Waals surface area contributed by atoms with Gasteiger partial charge < -0.3 is 20.4 Å². The zero-order chi connectivity index (χ0) is 34.4. The number of carbonyl (C=O) groups excluding carboxylic acids is 2. The number of benzene rings is 2. The number of ether oxygens (including phenoxy) is 1. The second-order valence-electron chi connectivity index (χ2n) is 13.2. The van der Waals surface area contributed by atoms with Gasteiger partial charge in [0.05, 0.1) is 17.3 Å². The molecule has 15 heteroatoms. The van der Waals surface area contributed by atoms with Crippen LogP contribution in [0.3, 0.4) is 0 Å². The first-order valence-corrected chi connectivity index (χ1v) is 16.1. The number of H-pyrrole nitrogens is 1. The topological polar surface area (TPSA) is 141 Å². The van der Waals surface area contributed by atoms with E-state index in [4.69, 9.17) is 33.3 Å². The number of rotatable bonds is 10. The molecule has 0 bridgehead atoms. The van der Waals surface area contributed by atoms with E-state index in [1.54, 1.807) is 42.5 Å². The summed E-state index contributed by atoms with van der Waals surface area (Å²) in [6, 6.07) is 11.2. The van der Waals surface area contributed by atoms with Crippen molar-refractivity contribution in [1.82, 2.24) is 35.3 Å². The number of carbonyl (C=O) groups is 2. The predicted octanol–water partition coefficient (Wildman–Crippen LogP) is 7.27. The van der Waals surface area contributed by atoms with Crippen LogP contribution in [0, 0.1) is 10.8 Å². The van der Waals surface area contributed by atoms with Crippen LogP contribution in [-0.2, 0) is 15.1 Å². The van der Waals surface area contributed by atoms with Crippen molar-refractivity contribution in [3.63, 3.8) is 0 Å². The minimum Gasteiger partial charge on any atom is -0.447 e. The second-order valence-corrected chi connectivity index (χ2v) is 14.0. The van der Waals surface area contributed by atoms with E-state index in [1.807, 2.05) is 20.8 Å². The summed E-state index contributed by atoms with van der Waals surface area (Å²) < 4.78 is 32.5. The predicted molar refractivity (Wildman–Crippen MR) is 177 cm³/mol. The lowest BCUT2D eigenvalue weighted by molar-refractivity contribution is -0.134. The molecule has 2 atom stereocenters. The van der Waals surface area contributed by atoms with E-state index in [0.717, 1.165) is 12.8 Å². The monoisotopic (exact) mass is 698 g/mol. The third-order valence-electron chi connectivity index (χ3n) is 8.22. The highest BCUT2D eigenvalue weighted by Gasteiger charge is 2.54. The molecule has 2 aromatic carbocycles. The Morgan fingerprint density at radius 2 is 1.90 bits per heavy atom. The first kappa shape index (κ1) is 33.4. The van der Waals surface area contributed by atoms with E-state index in [-0.39, 0.29) is 23.8 Å². The molecule has 6 rings (SSSR count). The number of hydrogen-bond acceptors (Lipinski definition) is 6. The quantitative estimate of drug-likeness (QED) is 0.137. The Hall–Kier alpha value is -4.49. The van der Waals surface area contributed by atoms with E-state index in [9.17, 15) is 18.4 Å². The molecule has 2 amide bonds. The van der Waals surface area contributed by atoms with Crippen molar-refractivity contribution in [3.8, 4) is 22.5 Å². The number of halogens is 4. The number of alkyl carbamates (subject to hydrolysis) is 1. The Labute approximate surface area is 285 Å². The van der Waals surface area contributed by atoms with Gasteiger partial charge in [-0.15, -0.1) is 0 Å². The molecule has 252 valence electrons. The molecule has 4 N–H and O–H groups in total. The molecule has 0 spiro atoms. The standard InChI is InChI=1S/C33H34Cl2F2N8O3/c1-32(2,3)17-33(21-7-4-18(5-8-21)20-13-40-44(15-20)29(36)37)28(46)45(30(38)43-33)25(16-48-31(47)41-22-9-10-22)19-6-11-24(34)23(12-19)27-39-14-26(35)42-27/h4-8,11-15,22,25,29H,9-10,16-17H2,1-3H3,(H2,38,43)(H,39,42)(H,41,47)/t25-,33-/m1/s1. The highest BCUT2D eigenvalue weighted by molar-refractivity contribution is 6.33. The summed E-state index contributed by atoms with van der Waals surface area (Å²) in [4.78, 5) is 36.1. The summed E-state index contributed by atoms with van der Waals surface area (Å²) >= 11 is 12.6. The van der Waals surface area contributed by atoms with Crippen molar-refractivity contribution in [2.75, 3.05) is 6.61 Å². The smallest absolute Gasteiger partial charge is 0.407 e. The van der Waals surface area contributed by atoms with Crippen LogP contribution in [-0.4, -0.2) is 55.3 Å². The fraction of sp³-hybridized carbons (Fsp3) is 0.364. The summed E-state index contributed by atoms with van der Waals surface area (Å²) in [5.74, 6) is -0.199. The van der Waals surface area contributed by atoms with Crippen LogP contribution in [0.15, 0.2) is 61.1 Å². The summed E-state index contributed by atoms with van der Waals surface area (Å²) in [7, 11) is 0. The van der Waals surface area contributed by atoms with E-state index in [2.05, 4.69) is 25.7 Å². The van der Waals surface area contributed by atoms with Crippen molar-refractivity contribution in [2.45, 2.75) is 64.2 Å². The Morgan fingerprint density at radius 3 is 2.50 bits per heavy atom. The minimum atomic E-state index is -2.77. The molecule has 1 aliphatic carbocycles. The number of hydrogen-bond donors (Lipinski definition) is 4. The zero-order valence-corrected chi connectivity index (χ0v) is 27.9. The Kier molecular flexibility index (Phi) is 8.94. The molecule has 1 saturated carbocycles. The van der Waals surface area contributed by atoms with Gasteiger partial charge in [0.15, 0.2) is 5.96 Å². The van der Waals surface area contributed by atoms with Gasteiger partial charge in [0.2, 0.25) is 0 Å². The fourth-order valence-corrected chi connectivity index (χ4v) is 6.30. The van der Waals surface area contributed by atoms with Gasteiger partial charge in [0.1, 0.15) is 23.1 Å². The Balaban J connectivity index is 1.38. The molecule has 11 nitrogen and oxygen atoms in total. The van der Waals surface area contributed by atoms with Crippen LogP contribution < -0.4 is 10.6 Å². The number of nitrogens with one attached hydrogen (secondary N) is 4. The maximum absolute atomic E-state index is 14.8. The van der Waals surface area contributed by atoms with Gasteiger partial charge in [-0.2, -0.15) is 13.9 Å². The average molecular weight is 700 g/mol. The second kappa shape index (κ2) is 12.8. The molecule has 4 aromatic rings. The Morgan fingerprint density at radius 1 is 1.17 bits per heavy atom. The highest BCUT2D eigenvalue weighted by Crippen LogP contribution is 2.43. The largest absolute Gasteiger partial charge is 0.447 e. The third-order valence-corrected chi connectivity index (χ3v) is 8.75. The average Bonchev–Trinajstić information content (AvgIpc) is 3.40. The van der Waals surface area contributed by atoms with Gasteiger partial charge in [-0.3, -0.25) is 15.1 Å². The Bertz CT molecular complexity index is 1850. The lowest BCUT2D eigenvalue weighted by Gasteiger charge is -2.35. The van der Waals surface area contributed by atoms with Gasteiger partial charge in [-0.1, -0.05) is 74.3 Å². The molecule has 1 saturated heterocycles. The van der Waals surface area contributed by atoms with Crippen LogP contribution in [0.2, 0.25) is 10.2 Å². The number of amides is 2. The molecule has 48 heavy (non-hydrogen) atoms. The molecular formula is C33H34Cl2F2N8O3. The lowest BCUT2D eigenvalue weighted by atomic mass is 9.75. The normalized spacial score (nSPS) is 18.7. The van der Waals surface area contributed by atoms with Crippen molar-refractivity contribution in [3.05, 3.63) is 82.4 Å². The maximum atomic E-state index is 14.8. The third kappa shape index (κ3) is 6.88. The number of imidazole rings is 1. The van der Waals surface area contributed by atoms with Gasteiger partial charge in [0.25, 0.3) is 5.91 Å². The van der Waals surface area contributed by atoms with Crippen LogP contribution in [0.4, 0.5) is 13.6 Å². The summed E-state index contributed by atoms with van der Waals surface area (Å²) in [5, 5.41) is 19.4. The van der Waals surface area contributed by atoms with Crippen molar-refractivity contribution in [2.24, 2.45) is 5.41 Å². The molecule has 1 aliphatic heterocycles. The van der Waals surface area contributed by atoms with Gasteiger partial charge in [-0.05, 0) is 53.5 Å². The number of guanidine groups is 1. The van der Waals surface area contributed by atoms with Crippen molar-refractivity contribution < 1.29 is 23.1 Å². The maximum Gasteiger partial charge on any atom is 0.407 e. The molecule has 2 aliphatic rings. The SMILES string of the molecule is CC(C)(C)C[C@]1(c2ccc(-c3cnn(C(F)F)c3)cc2)NC(=N)N([C@H](COC(=O)NC2CC2)c2ccc(Cl)c(-c3nc(Cl)c[nH]3)c2)C1=O.